The zero-order valence-electron chi connectivity index (χ0n) is 13.7. The Labute approximate surface area is 134 Å². The van der Waals surface area contributed by atoms with Crippen LogP contribution in [0, 0.1) is 23.0 Å². The van der Waals surface area contributed by atoms with Crippen LogP contribution in [-0.2, 0) is 11.3 Å². The van der Waals surface area contributed by atoms with E-state index in [9.17, 15) is 13.6 Å². The number of alkyl carbamates (subject to hydrolysis) is 1. The Morgan fingerprint density at radius 1 is 1.35 bits per heavy atom. The number of rotatable bonds is 5. The Morgan fingerprint density at radius 3 is 2.39 bits per heavy atom. The molecule has 2 N–H and O–H groups in total. The molecule has 0 aliphatic rings. The Morgan fingerprint density at radius 2 is 1.91 bits per heavy atom. The van der Waals surface area contributed by atoms with Crippen LogP contribution in [0.4, 0.5) is 13.6 Å². The van der Waals surface area contributed by atoms with Crippen molar-refractivity contribution < 1.29 is 18.3 Å². The smallest absolute Gasteiger partial charge is 0.407 e. The van der Waals surface area contributed by atoms with Gasteiger partial charge in [-0.3, -0.25) is 0 Å². The molecule has 0 saturated carbocycles. The van der Waals surface area contributed by atoms with Crippen LogP contribution in [0.25, 0.3) is 0 Å². The number of halogens is 2. The summed E-state index contributed by atoms with van der Waals surface area (Å²) >= 11 is 0. The van der Waals surface area contributed by atoms with Crippen molar-refractivity contribution in [2.75, 3.05) is 6.54 Å². The molecule has 0 saturated heterocycles. The fourth-order valence-corrected chi connectivity index (χ4v) is 1.74. The molecule has 1 unspecified atom stereocenters. The minimum absolute atomic E-state index is 0.0550. The first kappa shape index (κ1) is 18.8. The standard InChI is InChI=1S/C16H21F2N3O2/c1-10(8-21-15(22)23-16(2,3)4)20-9-12-13(17)5-11(7-19)6-14(12)18/h5-6,10,20H,8-9H2,1-4H3,(H,21,22). The number of hydrogen-bond acceptors (Lipinski definition) is 4. The molecule has 1 amide bonds. The first-order valence-corrected chi connectivity index (χ1v) is 7.20. The van der Waals surface area contributed by atoms with E-state index in [-0.39, 0.29) is 30.3 Å². The fourth-order valence-electron chi connectivity index (χ4n) is 1.74. The molecule has 0 aliphatic heterocycles. The Balaban J connectivity index is 2.50. The van der Waals surface area contributed by atoms with E-state index in [1.165, 1.54) is 0 Å². The third-order valence-electron chi connectivity index (χ3n) is 2.85. The third-order valence-corrected chi connectivity index (χ3v) is 2.85. The largest absolute Gasteiger partial charge is 0.444 e. The van der Waals surface area contributed by atoms with Crippen LogP contribution < -0.4 is 10.6 Å². The summed E-state index contributed by atoms with van der Waals surface area (Å²) < 4.78 is 32.5. The number of ether oxygens (including phenoxy) is 1. The maximum absolute atomic E-state index is 13.7. The van der Waals surface area contributed by atoms with Gasteiger partial charge in [0.1, 0.15) is 17.2 Å². The van der Waals surface area contributed by atoms with Crippen LogP contribution in [0.3, 0.4) is 0 Å². The normalized spacial score (nSPS) is 12.4. The summed E-state index contributed by atoms with van der Waals surface area (Å²) in [4.78, 5) is 11.5. The van der Waals surface area contributed by atoms with Gasteiger partial charge >= 0.3 is 6.09 Å². The van der Waals surface area contributed by atoms with Crippen molar-refractivity contribution >= 4 is 6.09 Å². The van der Waals surface area contributed by atoms with E-state index in [1.807, 2.05) is 0 Å². The highest BCUT2D eigenvalue weighted by Crippen LogP contribution is 2.15. The van der Waals surface area contributed by atoms with Gasteiger partial charge in [0.25, 0.3) is 0 Å². The van der Waals surface area contributed by atoms with Crippen LogP contribution >= 0.6 is 0 Å². The predicted octanol–water partition coefficient (Wildman–Crippen LogP) is 2.84. The lowest BCUT2D eigenvalue weighted by atomic mass is 10.1. The number of nitriles is 1. The minimum atomic E-state index is -0.777. The van der Waals surface area contributed by atoms with E-state index in [2.05, 4.69) is 10.6 Å². The molecule has 1 aromatic rings. The number of amides is 1. The van der Waals surface area contributed by atoms with Crippen LogP contribution in [0.15, 0.2) is 12.1 Å². The lowest BCUT2D eigenvalue weighted by molar-refractivity contribution is 0.0523. The molecule has 5 nitrogen and oxygen atoms in total. The van der Waals surface area contributed by atoms with E-state index in [4.69, 9.17) is 10.00 Å². The van der Waals surface area contributed by atoms with Gasteiger partial charge in [-0.15, -0.1) is 0 Å². The second kappa shape index (κ2) is 7.88. The summed E-state index contributed by atoms with van der Waals surface area (Å²) in [5, 5.41) is 14.1. The second-order valence-electron chi connectivity index (χ2n) is 6.19. The number of nitrogens with one attached hydrogen (secondary N) is 2. The van der Waals surface area contributed by atoms with Crippen molar-refractivity contribution in [3.63, 3.8) is 0 Å². The molecule has 0 aromatic heterocycles. The summed E-state index contributed by atoms with van der Waals surface area (Å²) in [6.45, 7) is 7.21. The number of nitrogens with zero attached hydrogens (tertiary/aromatic N) is 1. The Bertz CT molecular complexity index is 583. The van der Waals surface area contributed by atoms with Crippen molar-refractivity contribution in [1.29, 1.82) is 5.26 Å². The van der Waals surface area contributed by atoms with Crippen molar-refractivity contribution in [1.82, 2.24) is 10.6 Å². The molecule has 1 atom stereocenters. The first-order valence-electron chi connectivity index (χ1n) is 7.20. The molecule has 0 aliphatic carbocycles. The van der Waals surface area contributed by atoms with Gasteiger partial charge in [0.15, 0.2) is 0 Å². The number of hydrogen-bond donors (Lipinski definition) is 2. The summed E-state index contributed by atoms with van der Waals surface area (Å²) in [5.41, 5.74) is -0.799. The molecule has 126 valence electrons. The second-order valence-corrected chi connectivity index (χ2v) is 6.19. The highest BCUT2D eigenvalue weighted by atomic mass is 19.1. The first-order chi connectivity index (χ1) is 10.6. The molecule has 1 aromatic carbocycles. The zero-order valence-corrected chi connectivity index (χ0v) is 13.7. The molecule has 0 bridgehead atoms. The predicted molar refractivity (Wildman–Crippen MR) is 81.6 cm³/mol. The van der Waals surface area contributed by atoms with Gasteiger partial charge in [-0.25, -0.2) is 13.6 Å². The number of carbonyl (C=O) groups is 1. The van der Waals surface area contributed by atoms with E-state index < -0.39 is 23.3 Å². The van der Waals surface area contributed by atoms with Gasteiger partial charge in [-0.05, 0) is 39.8 Å². The van der Waals surface area contributed by atoms with Gasteiger partial charge in [-0.1, -0.05) is 0 Å². The van der Waals surface area contributed by atoms with Crippen LogP contribution in [0.1, 0.15) is 38.8 Å². The van der Waals surface area contributed by atoms with E-state index in [0.29, 0.717) is 0 Å². The van der Waals surface area contributed by atoms with Gasteiger partial charge < -0.3 is 15.4 Å². The topological polar surface area (TPSA) is 74.2 Å². The molecule has 0 heterocycles. The van der Waals surface area contributed by atoms with Gasteiger partial charge in [0.2, 0.25) is 0 Å². The Hall–Kier alpha value is -2.20. The van der Waals surface area contributed by atoms with Crippen molar-refractivity contribution in [2.24, 2.45) is 0 Å². The SMILES string of the molecule is CC(CNC(=O)OC(C)(C)C)NCc1c(F)cc(C#N)cc1F. The average Bonchev–Trinajstić information content (AvgIpc) is 2.42. The van der Waals surface area contributed by atoms with Gasteiger partial charge in [-0.2, -0.15) is 5.26 Å². The molecule has 23 heavy (non-hydrogen) atoms. The lowest BCUT2D eigenvalue weighted by Crippen LogP contribution is -2.41. The van der Waals surface area contributed by atoms with Crippen molar-refractivity contribution in [2.45, 2.75) is 45.9 Å². The summed E-state index contributed by atoms with van der Waals surface area (Å²) in [7, 11) is 0. The van der Waals surface area contributed by atoms with Gasteiger partial charge in [0.05, 0.1) is 11.6 Å². The molecule has 0 radical (unpaired) electrons. The summed E-state index contributed by atoms with van der Waals surface area (Å²) in [5.74, 6) is -1.55. The molecular formula is C16H21F2N3O2. The lowest BCUT2D eigenvalue weighted by Gasteiger charge is -2.21. The van der Waals surface area contributed by atoms with Crippen LogP contribution in [0.5, 0.6) is 0 Å². The third kappa shape index (κ3) is 6.61. The van der Waals surface area contributed by atoms with E-state index in [0.717, 1.165) is 12.1 Å². The molecule has 1 rings (SSSR count). The quantitative estimate of drug-likeness (QED) is 0.873. The van der Waals surface area contributed by atoms with Gasteiger partial charge in [0, 0.05) is 24.7 Å². The maximum Gasteiger partial charge on any atom is 0.407 e. The summed E-state index contributed by atoms with van der Waals surface area (Å²) in [6, 6.07) is 3.44. The minimum Gasteiger partial charge on any atom is -0.444 e. The highest BCUT2D eigenvalue weighted by molar-refractivity contribution is 5.67. The monoisotopic (exact) mass is 325 g/mol. The van der Waals surface area contributed by atoms with Crippen LogP contribution in [-0.4, -0.2) is 24.3 Å². The van der Waals surface area contributed by atoms with Crippen LogP contribution in [0.2, 0.25) is 0 Å². The average molecular weight is 325 g/mol. The Kier molecular flexibility index (Phi) is 6.46. The molecule has 7 heteroatoms. The highest BCUT2D eigenvalue weighted by Gasteiger charge is 2.17. The van der Waals surface area contributed by atoms with E-state index >= 15 is 0 Å². The number of benzene rings is 1. The number of carbonyl (C=O) groups excluding carboxylic acids is 1. The maximum atomic E-state index is 13.7. The van der Waals surface area contributed by atoms with E-state index in [1.54, 1.807) is 33.8 Å². The van der Waals surface area contributed by atoms with Crippen molar-refractivity contribution in [3.05, 3.63) is 34.9 Å². The fraction of sp³-hybridized carbons (Fsp3) is 0.500. The summed E-state index contributed by atoms with van der Waals surface area (Å²) in [6.07, 6.45) is -0.554. The molecular weight excluding hydrogens is 304 g/mol. The molecule has 0 spiro atoms. The van der Waals surface area contributed by atoms with Crippen molar-refractivity contribution in [3.8, 4) is 6.07 Å². The zero-order chi connectivity index (χ0) is 17.6. The molecule has 0 fully saturated rings.